The first-order chi connectivity index (χ1) is 13.1. The molecule has 27 heavy (non-hydrogen) atoms. The van der Waals surface area contributed by atoms with E-state index in [2.05, 4.69) is 15.2 Å². The number of carbonyl (C=O) groups is 2. The number of pyridine rings is 1. The van der Waals surface area contributed by atoms with Gasteiger partial charge in [-0.2, -0.15) is 0 Å². The van der Waals surface area contributed by atoms with Gasteiger partial charge in [0.2, 0.25) is 5.91 Å². The van der Waals surface area contributed by atoms with E-state index in [0.29, 0.717) is 31.7 Å². The minimum absolute atomic E-state index is 0.00226. The fraction of sp³-hybridized carbons (Fsp3) is 0.381. The number of hydrogen-bond acceptors (Lipinski definition) is 4. The van der Waals surface area contributed by atoms with Crippen molar-refractivity contribution < 1.29 is 9.59 Å². The minimum Gasteiger partial charge on any atom is -0.348 e. The maximum Gasteiger partial charge on any atom is 0.255 e. The van der Waals surface area contributed by atoms with Crippen LogP contribution in [-0.2, 0) is 4.79 Å². The van der Waals surface area contributed by atoms with Gasteiger partial charge in [0, 0.05) is 38.6 Å². The van der Waals surface area contributed by atoms with Gasteiger partial charge in [0.05, 0.1) is 17.6 Å². The number of benzene rings is 1. The van der Waals surface area contributed by atoms with Gasteiger partial charge in [-0.3, -0.25) is 19.5 Å². The van der Waals surface area contributed by atoms with Gasteiger partial charge in [-0.05, 0) is 31.5 Å². The van der Waals surface area contributed by atoms with Crippen molar-refractivity contribution >= 4 is 11.8 Å². The summed E-state index contributed by atoms with van der Waals surface area (Å²) in [6, 6.07) is 13.2. The van der Waals surface area contributed by atoms with Crippen LogP contribution in [0, 0.1) is 0 Å². The maximum atomic E-state index is 12.6. The number of hydrogen-bond donors (Lipinski definition) is 1. The van der Waals surface area contributed by atoms with Crippen molar-refractivity contribution in [2.24, 2.45) is 0 Å². The lowest BCUT2D eigenvalue weighted by Gasteiger charge is -2.37. The maximum absolute atomic E-state index is 12.6. The van der Waals surface area contributed by atoms with Crippen LogP contribution in [-0.4, -0.2) is 58.8 Å². The van der Waals surface area contributed by atoms with Gasteiger partial charge < -0.3 is 10.2 Å². The molecule has 0 bridgehead atoms. The Morgan fingerprint density at radius 3 is 2.33 bits per heavy atom. The summed E-state index contributed by atoms with van der Waals surface area (Å²) >= 11 is 0. The largest absolute Gasteiger partial charge is 0.348 e. The van der Waals surface area contributed by atoms with E-state index in [4.69, 9.17) is 0 Å². The summed E-state index contributed by atoms with van der Waals surface area (Å²) in [6.45, 7) is 6.50. The molecule has 1 saturated heterocycles. The van der Waals surface area contributed by atoms with E-state index >= 15 is 0 Å². The van der Waals surface area contributed by atoms with Gasteiger partial charge in [0.1, 0.15) is 0 Å². The second kappa shape index (κ2) is 8.77. The number of rotatable bonds is 5. The molecule has 0 unspecified atom stereocenters. The lowest BCUT2D eigenvalue weighted by Crippen LogP contribution is -2.55. The molecule has 0 spiro atoms. The average Bonchev–Trinajstić information content (AvgIpc) is 2.74. The van der Waals surface area contributed by atoms with E-state index in [1.165, 1.54) is 0 Å². The van der Waals surface area contributed by atoms with E-state index in [-0.39, 0.29) is 23.9 Å². The van der Waals surface area contributed by atoms with E-state index in [1.807, 2.05) is 49.1 Å². The zero-order valence-electron chi connectivity index (χ0n) is 15.8. The third-order valence-electron chi connectivity index (χ3n) is 5.10. The molecule has 6 heteroatoms. The van der Waals surface area contributed by atoms with Gasteiger partial charge in [-0.15, -0.1) is 0 Å². The monoisotopic (exact) mass is 366 g/mol. The van der Waals surface area contributed by atoms with E-state index in [9.17, 15) is 9.59 Å². The summed E-state index contributed by atoms with van der Waals surface area (Å²) < 4.78 is 0. The van der Waals surface area contributed by atoms with Crippen molar-refractivity contribution in [2.75, 3.05) is 26.2 Å². The van der Waals surface area contributed by atoms with Crippen LogP contribution in [0.25, 0.3) is 0 Å². The second-order valence-corrected chi connectivity index (χ2v) is 6.89. The molecule has 2 heterocycles. The third-order valence-corrected chi connectivity index (χ3v) is 5.10. The molecule has 1 fully saturated rings. The summed E-state index contributed by atoms with van der Waals surface area (Å²) in [5, 5.41) is 3.08. The van der Waals surface area contributed by atoms with E-state index in [1.54, 1.807) is 24.5 Å². The van der Waals surface area contributed by atoms with Gasteiger partial charge in [0.15, 0.2) is 0 Å². The van der Waals surface area contributed by atoms with E-state index in [0.717, 1.165) is 5.56 Å². The molecule has 1 aromatic heterocycles. The Morgan fingerprint density at radius 1 is 1.00 bits per heavy atom. The minimum atomic E-state index is -0.230. The van der Waals surface area contributed by atoms with Gasteiger partial charge in [0.25, 0.3) is 5.91 Å². The zero-order valence-corrected chi connectivity index (χ0v) is 15.8. The highest BCUT2D eigenvalue weighted by Gasteiger charge is 2.28. The average molecular weight is 366 g/mol. The first-order valence-electron chi connectivity index (χ1n) is 9.35. The second-order valence-electron chi connectivity index (χ2n) is 6.89. The lowest BCUT2D eigenvalue weighted by atomic mass is 10.1. The molecule has 6 nitrogen and oxygen atoms in total. The van der Waals surface area contributed by atoms with Crippen LogP contribution in [0.3, 0.4) is 0 Å². The molecule has 2 aromatic rings. The number of amides is 2. The Hall–Kier alpha value is -2.73. The Labute approximate surface area is 160 Å². The molecule has 1 N–H and O–H groups in total. The van der Waals surface area contributed by atoms with Crippen molar-refractivity contribution in [2.45, 2.75) is 25.9 Å². The molecule has 3 rings (SSSR count). The summed E-state index contributed by atoms with van der Waals surface area (Å²) in [5.74, 6) is 0.0101. The van der Waals surface area contributed by atoms with Crippen molar-refractivity contribution in [1.29, 1.82) is 0 Å². The first kappa shape index (κ1) is 19.0. The van der Waals surface area contributed by atoms with Crippen molar-refractivity contribution in [3.8, 4) is 0 Å². The van der Waals surface area contributed by atoms with Crippen LogP contribution in [0.2, 0.25) is 0 Å². The zero-order chi connectivity index (χ0) is 19.2. The number of nitrogens with one attached hydrogen (secondary N) is 1. The van der Waals surface area contributed by atoms with Gasteiger partial charge in [-0.1, -0.05) is 30.3 Å². The van der Waals surface area contributed by atoms with E-state index < -0.39 is 0 Å². The number of nitrogens with zero attached hydrogens (tertiary/aromatic N) is 3. The fourth-order valence-electron chi connectivity index (χ4n) is 3.31. The van der Waals surface area contributed by atoms with Crippen LogP contribution >= 0.6 is 0 Å². The highest BCUT2D eigenvalue weighted by Crippen LogP contribution is 2.14. The molecule has 0 aliphatic carbocycles. The predicted octanol–water partition coefficient (Wildman–Crippen LogP) is 2.11. The van der Waals surface area contributed by atoms with Crippen molar-refractivity contribution in [3.05, 3.63) is 66.0 Å². The molecule has 0 saturated carbocycles. The highest BCUT2D eigenvalue weighted by molar-refractivity contribution is 5.94. The number of piperazine rings is 1. The predicted molar refractivity (Wildman–Crippen MR) is 104 cm³/mol. The quantitative estimate of drug-likeness (QED) is 0.880. The highest BCUT2D eigenvalue weighted by atomic mass is 16.2. The molecule has 0 radical (unpaired) electrons. The topological polar surface area (TPSA) is 65.5 Å². The van der Waals surface area contributed by atoms with Gasteiger partial charge in [-0.25, -0.2) is 0 Å². The van der Waals surface area contributed by atoms with Crippen LogP contribution in [0.15, 0.2) is 54.9 Å². The Kier molecular flexibility index (Phi) is 6.19. The molecular formula is C21H26N4O2. The number of aromatic nitrogens is 1. The normalized spacial score (nSPS) is 17.2. The van der Waals surface area contributed by atoms with Crippen molar-refractivity contribution in [3.63, 3.8) is 0 Å². The summed E-state index contributed by atoms with van der Waals surface area (Å²) in [6.07, 6.45) is 3.25. The fourth-order valence-corrected chi connectivity index (χ4v) is 3.31. The van der Waals surface area contributed by atoms with Crippen LogP contribution < -0.4 is 5.32 Å². The molecule has 2 atom stereocenters. The van der Waals surface area contributed by atoms with Crippen molar-refractivity contribution in [1.82, 2.24) is 20.1 Å². The Morgan fingerprint density at radius 2 is 1.70 bits per heavy atom. The smallest absolute Gasteiger partial charge is 0.255 e. The standard InChI is InChI=1S/C21H26N4O2/c1-16(18-7-4-3-5-8-18)23-20(26)17(2)24-11-13-25(14-12-24)21(27)19-9-6-10-22-15-19/h3-10,15-17H,11-14H2,1-2H3,(H,23,26)/t16-,17+/m0/s1. The molecule has 2 amide bonds. The first-order valence-corrected chi connectivity index (χ1v) is 9.35. The Bertz CT molecular complexity index is 758. The van der Waals surface area contributed by atoms with Crippen LogP contribution in [0.4, 0.5) is 0 Å². The van der Waals surface area contributed by atoms with Gasteiger partial charge >= 0.3 is 0 Å². The lowest BCUT2D eigenvalue weighted by molar-refractivity contribution is -0.127. The molecule has 142 valence electrons. The van der Waals surface area contributed by atoms with Crippen LogP contribution in [0.5, 0.6) is 0 Å². The van der Waals surface area contributed by atoms with Crippen LogP contribution in [0.1, 0.15) is 35.8 Å². The summed E-state index contributed by atoms with van der Waals surface area (Å²) in [4.78, 5) is 33.1. The summed E-state index contributed by atoms with van der Waals surface area (Å²) in [5.41, 5.74) is 1.69. The molecular weight excluding hydrogens is 340 g/mol. The third kappa shape index (κ3) is 4.71. The Balaban J connectivity index is 1.51. The molecule has 1 aromatic carbocycles. The summed E-state index contributed by atoms with van der Waals surface area (Å²) in [7, 11) is 0. The SMILES string of the molecule is C[C@H](NC(=O)[C@@H](C)N1CCN(C(=O)c2cccnc2)CC1)c1ccccc1. The molecule has 1 aliphatic heterocycles. The molecule has 1 aliphatic rings. The number of carbonyl (C=O) groups excluding carboxylic acids is 2.